The topological polar surface area (TPSA) is 111 Å². The molecule has 0 radical (unpaired) electrons. The predicted octanol–water partition coefficient (Wildman–Crippen LogP) is 2.64. The molecule has 4 rings (SSSR count). The molecule has 0 amide bonds. The number of hydrogen-bond acceptors (Lipinski definition) is 6. The molecule has 8 heteroatoms. The van der Waals surface area contributed by atoms with Crippen LogP contribution in [0.4, 0.5) is 0 Å². The zero-order valence-corrected chi connectivity index (χ0v) is 16.4. The fraction of sp³-hybridized carbons (Fsp3) is 0.190. The van der Waals surface area contributed by atoms with E-state index in [4.69, 9.17) is 10.2 Å². The molecule has 0 saturated carbocycles. The van der Waals surface area contributed by atoms with Crippen molar-refractivity contribution in [1.82, 2.24) is 10.6 Å². The summed E-state index contributed by atoms with van der Waals surface area (Å²) < 4.78 is 0. The molecule has 1 atom stereocenters. The minimum Gasteiger partial charge on any atom is -0.478 e. The Morgan fingerprint density at radius 2 is 1.69 bits per heavy atom. The van der Waals surface area contributed by atoms with E-state index in [-0.39, 0.29) is 6.04 Å². The van der Waals surface area contributed by atoms with E-state index >= 15 is 0 Å². The summed E-state index contributed by atoms with van der Waals surface area (Å²) >= 11 is 1.91. The Bertz CT molecular complexity index is 895. The summed E-state index contributed by atoms with van der Waals surface area (Å²) in [4.78, 5) is 25.0. The van der Waals surface area contributed by atoms with Crippen LogP contribution in [0.1, 0.15) is 22.7 Å². The van der Waals surface area contributed by atoms with Gasteiger partial charge in [0.25, 0.3) is 0 Å². The molecule has 0 spiro atoms. The molecule has 2 aromatic rings. The Morgan fingerprint density at radius 1 is 1.03 bits per heavy atom. The zero-order chi connectivity index (χ0) is 20.6. The van der Waals surface area contributed by atoms with Crippen molar-refractivity contribution in [2.24, 2.45) is 4.99 Å². The molecule has 0 bridgehead atoms. The number of guanidine groups is 1. The summed E-state index contributed by atoms with van der Waals surface area (Å²) in [5.74, 6) is -0.582. The maximum absolute atomic E-state index is 9.55. The molecule has 0 aromatic heterocycles. The molecule has 0 saturated heterocycles. The van der Waals surface area contributed by atoms with Crippen molar-refractivity contribution < 1.29 is 19.8 Å². The molecule has 2 heterocycles. The smallest absolute Gasteiger partial charge is 0.328 e. The van der Waals surface area contributed by atoms with E-state index in [1.807, 2.05) is 11.8 Å². The second-order valence-corrected chi connectivity index (χ2v) is 7.29. The van der Waals surface area contributed by atoms with Crippen LogP contribution in [0.15, 0.2) is 70.6 Å². The molecule has 2 aromatic carbocycles. The highest BCUT2D eigenvalue weighted by atomic mass is 32.2. The highest BCUT2D eigenvalue weighted by molar-refractivity contribution is 7.98. The molecule has 29 heavy (non-hydrogen) atoms. The monoisotopic (exact) mass is 411 g/mol. The number of nitrogens with one attached hydrogen (secondary N) is 2. The molecule has 4 N–H and O–H groups in total. The van der Waals surface area contributed by atoms with Gasteiger partial charge in [-0.05, 0) is 22.8 Å². The Morgan fingerprint density at radius 3 is 2.34 bits per heavy atom. The second-order valence-electron chi connectivity index (χ2n) is 6.27. The average Bonchev–Trinajstić information content (AvgIpc) is 3.18. The summed E-state index contributed by atoms with van der Waals surface area (Å²) in [6.45, 7) is 1.78. The third-order valence-corrected chi connectivity index (χ3v) is 5.44. The van der Waals surface area contributed by atoms with Gasteiger partial charge in [-0.15, -0.1) is 11.8 Å². The van der Waals surface area contributed by atoms with Crippen LogP contribution in [0.2, 0.25) is 0 Å². The van der Waals surface area contributed by atoms with E-state index in [9.17, 15) is 9.59 Å². The lowest BCUT2D eigenvalue weighted by molar-refractivity contribution is -0.134. The van der Waals surface area contributed by atoms with Gasteiger partial charge in [0.15, 0.2) is 5.96 Å². The second kappa shape index (κ2) is 9.79. The number of aliphatic carboxylic acids is 2. The maximum atomic E-state index is 9.55. The van der Waals surface area contributed by atoms with Gasteiger partial charge in [0.1, 0.15) is 0 Å². The third kappa shape index (κ3) is 5.61. The van der Waals surface area contributed by atoms with E-state index in [2.05, 4.69) is 64.2 Å². The number of carboxylic acid groups (broad SMARTS) is 2. The summed E-state index contributed by atoms with van der Waals surface area (Å²) in [5, 5.41) is 22.5. The van der Waals surface area contributed by atoms with Crippen LogP contribution in [-0.4, -0.2) is 41.2 Å². The highest BCUT2D eigenvalue weighted by Crippen LogP contribution is 2.39. The van der Waals surface area contributed by atoms with E-state index in [0.29, 0.717) is 12.2 Å². The van der Waals surface area contributed by atoms with Gasteiger partial charge in [0.05, 0.1) is 12.6 Å². The minimum atomic E-state index is -1.26. The van der Waals surface area contributed by atoms with Crippen molar-refractivity contribution in [2.45, 2.75) is 16.7 Å². The standard InChI is InChI=1S/C17H17N3S.C4H4O4/c1-2-6-13-12(5-1)11-21-15-8-4-3-7-14(15)16(13)20-17-18-9-10-19-17;5-3(6)1-2-4(7)8/h1-8,16H,9-11H2,(H2,18,19,20);1-2H,(H,5,6)(H,7,8)/b;2-1-. The molecule has 150 valence electrons. The van der Waals surface area contributed by atoms with Gasteiger partial charge in [-0.3, -0.25) is 4.99 Å². The number of thioether (sulfide) groups is 1. The molecular formula is C21H21N3O4S. The normalized spacial score (nSPS) is 17.0. The lowest BCUT2D eigenvalue weighted by Crippen LogP contribution is -2.37. The molecule has 2 aliphatic heterocycles. The average molecular weight is 411 g/mol. The van der Waals surface area contributed by atoms with E-state index in [1.165, 1.54) is 21.6 Å². The first-order valence-electron chi connectivity index (χ1n) is 9.03. The van der Waals surface area contributed by atoms with E-state index in [0.717, 1.165) is 24.8 Å². The largest absolute Gasteiger partial charge is 0.478 e. The van der Waals surface area contributed by atoms with Gasteiger partial charge in [0.2, 0.25) is 0 Å². The number of fused-ring (bicyclic) bond motifs is 2. The fourth-order valence-corrected chi connectivity index (χ4v) is 4.15. The fourth-order valence-electron chi connectivity index (χ4n) is 3.05. The Labute approximate surface area is 172 Å². The number of benzene rings is 2. The van der Waals surface area contributed by atoms with E-state index in [1.54, 1.807) is 0 Å². The summed E-state index contributed by atoms with van der Waals surface area (Å²) in [7, 11) is 0. The van der Waals surface area contributed by atoms with Gasteiger partial charge >= 0.3 is 11.9 Å². The van der Waals surface area contributed by atoms with Crippen molar-refractivity contribution in [3.8, 4) is 0 Å². The summed E-state index contributed by atoms with van der Waals surface area (Å²) in [6.07, 6.45) is 1.12. The molecule has 1 unspecified atom stereocenters. The summed E-state index contributed by atoms with van der Waals surface area (Å²) in [6, 6.07) is 17.5. The Hall–Kier alpha value is -3.26. The molecular weight excluding hydrogens is 390 g/mol. The zero-order valence-electron chi connectivity index (χ0n) is 15.5. The van der Waals surface area contributed by atoms with Crippen molar-refractivity contribution >= 4 is 29.7 Å². The van der Waals surface area contributed by atoms with Crippen molar-refractivity contribution in [1.29, 1.82) is 0 Å². The summed E-state index contributed by atoms with van der Waals surface area (Å²) in [5.41, 5.74) is 4.09. The SMILES string of the molecule is O=C(O)/C=C\C(=O)O.c1ccc2c(c1)CSc1ccccc1C2NC1=NCCN1. The van der Waals surface area contributed by atoms with Crippen molar-refractivity contribution in [2.75, 3.05) is 13.1 Å². The van der Waals surface area contributed by atoms with Gasteiger partial charge in [-0.2, -0.15) is 0 Å². The number of aliphatic imine (C=N–C) groups is 1. The Balaban J connectivity index is 0.000000258. The molecule has 7 nitrogen and oxygen atoms in total. The first-order chi connectivity index (χ1) is 14.0. The number of nitrogens with zero attached hydrogens (tertiary/aromatic N) is 1. The van der Waals surface area contributed by atoms with Crippen LogP contribution in [0.5, 0.6) is 0 Å². The van der Waals surface area contributed by atoms with Crippen LogP contribution in [0, 0.1) is 0 Å². The number of carbonyl (C=O) groups is 2. The predicted molar refractivity (Wildman–Crippen MR) is 112 cm³/mol. The van der Waals surface area contributed by atoms with Crippen LogP contribution in [0.3, 0.4) is 0 Å². The lowest BCUT2D eigenvalue weighted by atomic mass is 9.95. The quantitative estimate of drug-likeness (QED) is 0.575. The van der Waals surface area contributed by atoms with Gasteiger partial charge in [0, 0.05) is 29.3 Å². The lowest BCUT2D eigenvalue weighted by Gasteiger charge is -2.22. The number of hydrogen-bond donors (Lipinski definition) is 4. The Kier molecular flexibility index (Phi) is 6.91. The maximum Gasteiger partial charge on any atom is 0.328 e. The van der Waals surface area contributed by atoms with Gasteiger partial charge in [-0.1, -0.05) is 42.5 Å². The first kappa shape index (κ1) is 20.5. The molecule has 2 aliphatic rings. The highest BCUT2D eigenvalue weighted by Gasteiger charge is 2.24. The third-order valence-electron chi connectivity index (χ3n) is 4.30. The molecule has 0 fully saturated rings. The minimum absolute atomic E-state index is 0.164. The first-order valence-corrected chi connectivity index (χ1v) is 10.0. The van der Waals surface area contributed by atoms with Crippen LogP contribution in [0.25, 0.3) is 0 Å². The van der Waals surface area contributed by atoms with Crippen LogP contribution >= 0.6 is 11.8 Å². The van der Waals surface area contributed by atoms with Crippen molar-refractivity contribution in [3.05, 3.63) is 77.4 Å². The van der Waals surface area contributed by atoms with Crippen LogP contribution in [-0.2, 0) is 15.3 Å². The van der Waals surface area contributed by atoms with Crippen LogP contribution < -0.4 is 10.6 Å². The van der Waals surface area contributed by atoms with Gasteiger partial charge in [-0.25, -0.2) is 9.59 Å². The molecule has 0 aliphatic carbocycles. The van der Waals surface area contributed by atoms with E-state index < -0.39 is 11.9 Å². The van der Waals surface area contributed by atoms with Crippen molar-refractivity contribution in [3.63, 3.8) is 0 Å². The van der Waals surface area contributed by atoms with Gasteiger partial charge < -0.3 is 20.8 Å². The number of carboxylic acids is 2. The number of rotatable bonds is 3.